The van der Waals surface area contributed by atoms with Crippen molar-refractivity contribution in [3.8, 4) is 0 Å². The summed E-state index contributed by atoms with van der Waals surface area (Å²) in [5.41, 5.74) is 1.24. The molecule has 5 aliphatic rings. The number of fused-ring (bicyclic) bond motifs is 7. The summed E-state index contributed by atoms with van der Waals surface area (Å²) in [5.74, 6) is 0.394. The lowest BCUT2D eigenvalue weighted by Crippen LogP contribution is -2.65. The first-order valence-electron chi connectivity index (χ1n) is 14.7. The van der Waals surface area contributed by atoms with Crippen molar-refractivity contribution in [2.24, 2.45) is 50.2 Å². The molecule has 0 aliphatic heterocycles. The number of hydrogen-bond donors (Lipinski definition) is 1. The van der Waals surface area contributed by atoms with E-state index < -0.39 is 11.4 Å². The van der Waals surface area contributed by atoms with Gasteiger partial charge in [-0.2, -0.15) is 0 Å². The summed E-state index contributed by atoms with van der Waals surface area (Å²) in [5, 5.41) is 10.6. The summed E-state index contributed by atoms with van der Waals surface area (Å²) in [6.07, 6.45) is 9.83. The van der Waals surface area contributed by atoms with Crippen LogP contribution in [-0.4, -0.2) is 23.1 Å². The molecule has 0 spiro atoms. The Hall–Kier alpha value is -0.840. The van der Waals surface area contributed by atoms with E-state index in [2.05, 4.69) is 64.4 Å². The van der Waals surface area contributed by atoms with Gasteiger partial charge in [0.25, 0.3) is 0 Å². The number of carbonyl (C=O) groups excluding carboxylic acids is 1. The van der Waals surface area contributed by atoms with Crippen molar-refractivity contribution in [3.05, 3.63) is 10.1 Å². The molecular weight excluding hydrogens is 528 g/mol. The molecule has 5 rings (SSSR count). The highest BCUT2D eigenvalue weighted by atomic mass is 79.9. The lowest BCUT2D eigenvalue weighted by molar-refractivity contribution is -0.213. The molecule has 4 nitrogen and oxygen atoms in total. The van der Waals surface area contributed by atoms with Crippen LogP contribution in [0.5, 0.6) is 0 Å². The quantitative estimate of drug-likeness (QED) is 0.334. The Morgan fingerprint density at radius 3 is 2.16 bits per heavy atom. The van der Waals surface area contributed by atoms with E-state index in [0.29, 0.717) is 11.8 Å². The van der Waals surface area contributed by atoms with Gasteiger partial charge in [-0.15, -0.1) is 0 Å². The van der Waals surface area contributed by atoms with E-state index in [1.807, 2.05) is 0 Å². The molecule has 0 aromatic carbocycles. The Morgan fingerprint density at radius 2 is 1.54 bits per heavy atom. The van der Waals surface area contributed by atoms with Crippen molar-refractivity contribution in [3.63, 3.8) is 0 Å². The first kappa shape index (κ1) is 27.7. The number of ether oxygens (including phenoxy) is 1. The van der Waals surface area contributed by atoms with E-state index in [1.54, 1.807) is 6.92 Å². The number of esters is 1. The van der Waals surface area contributed by atoms with Gasteiger partial charge in [-0.1, -0.05) is 64.4 Å². The fourth-order valence-electron chi connectivity index (χ4n) is 11.0. The molecule has 5 heteroatoms. The van der Waals surface area contributed by atoms with Gasteiger partial charge in [0.05, 0.1) is 5.41 Å². The van der Waals surface area contributed by atoms with Gasteiger partial charge in [0.1, 0.15) is 6.10 Å². The second-order valence-corrected chi connectivity index (χ2v) is 16.7. The van der Waals surface area contributed by atoms with Crippen LogP contribution in [0.3, 0.4) is 0 Å². The van der Waals surface area contributed by atoms with E-state index in [1.165, 1.54) is 10.1 Å². The number of rotatable bonds is 2. The van der Waals surface area contributed by atoms with Gasteiger partial charge in [-0.25, -0.2) is 0 Å². The molecule has 0 aromatic heterocycles. The molecule has 0 bridgehead atoms. The Balaban J connectivity index is 1.60. The zero-order chi connectivity index (χ0) is 27.4. The Morgan fingerprint density at radius 1 is 0.892 bits per heavy atom. The zero-order valence-electron chi connectivity index (χ0n) is 24.4. The first-order valence-corrected chi connectivity index (χ1v) is 15.5. The van der Waals surface area contributed by atoms with E-state index in [4.69, 9.17) is 4.74 Å². The van der Waals surface area contributed by atoms with Crippen molar-refractivity contribution in [1.29, 1.82) is 0 Å². The molecular formula is C32H49BrO4. The minimum Gasteiger partial charge on any atom is -0.481 e. The normalized spacial score (nSPS) is 48.1. The Labute approximate surface area is 232 Å². The third kappa shape index (κ3) is 3.63. The highest BCUT2D eigenvalue weighted by Gasteiger charge is 2.70. The molecule has 8 atom stereocenters. The summed E-state index contributed by atoms with van der Waals surface area (Å²) in [4.78, 5) is 24.8. The second kappa shape index (κ2) is 8.33. The van der Waals surface area contributed by atoms with Crippen molar-refractivity contribution < 1.29 is 19.4 Å². The van der Waals surface area contributed by atoms with Gasteiger partial charge in [0.15, 0.2) is 0 Å². The molecule has 0 aromatic rings. The van der Waals surface area contributed by atoms with Crippen LogP contribution in [0.15, 0.2) is 10.1 Å². The molecule has 0 radical (unpaired) electrons. The Bertz CT molecular complexity index is 1040. The maximum Gasteiger partial charge on any atom is 0.310 e. The van der Waals surface area contributed by atoms with Gasteiger partial charge < -0.3 is 9.84 Å². The summed E-state index contributed by atoms with van der Waals surface area (Å²) >= 11 is 4.16. The SMILES string of the molecule is CC(=O)O[C@H]1CC[C@@]2(C)C(CC[C@]3(C)C2CC(Br)=C2C4CC(C)(C)CC[C@]4(C(=O)O)CC[C@]23C)C1(C)C. The van der Waals surface area contributed by atoms with Crippen LogP contribution in [0.25, 0.3) is 0 Å². The molecule has 0 heterocycles. The second-order valence-electron chi connectivity index (χ2n) is 15.8. The number of carbonyl (C=O) groups is 2. The molecule has 3 unspecified atom stereocenters. The minimum absolute atomic E-state index is 0.00333. The Kier molecular flexibility index (Phi) is 6.24. The fraction of sp³-hybridized carbons (Fsp3) is 0.875. The van der Waals surface area contributed by atoms with Gasteiger partial charge in [0, 0.05) is 12.3 Å². The van der Waals surface area contributed by atoms with E-state index in [-0.39, 0.29) is 45.1 Å². The number of halogens is 1. The van der Waals surface area contributed by atoms with Gasteiger partial charge in [-0.05, 0) is 114 Å². The molecule has 1 N–H and O–H groups in total. The van der Waals surface area contributed by atoms with Crippen LogP contribution in [0.4, 0.5) is 0 Å². The van der Waals surface area contributed by atoms with E-state index in [9.17, 15) is 14.7 Å². The molecule has 5 aliphatic carbocycles. The lowest BCUT2D eigenvalue weighted by atomic mass is 9.33. The van der Waals surface area contributed by atoms with Gasteiger partial charge in [0.2, 0.25) is 0 Å². The first-order chi connectivity index (χ1) is 16.9. The third-order valence-electron chi connectivity index (χ3n) is 13.3. The average molecular weight is 578 g/mol. The maximum absolute atomic E-state index is 12.9. The number of allylic oxidation sites excluding steroid dienone is 2. The van der Waals surface area contributed by atoms with Gasteiger partial charge in [-0.3, -0.25) is 9.59 Å². The monoisotopic (exact) mass is 576 g/mol. The highest BCUT2D eigenvalue weighted by molar-refractivity contribution is 9.11. The topological polar surface area (TPSA) is 63.6 Å². The fourth-order valence-corrected chi connectivity index (χ4v) is 12.1. The lowest BCUT2D eigenvalue weighted by Gasteiger charge is -2.71. The zero-order valence-corrected chi connectivity index (χ0v) is 26.0. The van der Waals surface area contributed by atoms with Gasteiger partial charge >= 0.3 is 11.9 Å². The molecule has 0 saturated heterocycles. The summed E-state index contributed by atoms with van der Waals surface area (Å²) in [7, 11) is 0. The van der Waals surface area contributed by atoms with Crippen LogP contribution >= 0.6 is 15.9 Å². The predicted molar refractivity (Wildman–Crippen MR) is 150 cm³/mol. The number of aliphatic carboxylic acids is 1. The van der Waals surface area contributed by atoms with E-state index >= 15 is 0 Å². The highest BCUT2D eigenvalue weighted by Crippen LogP contribution is 2.77. The standard InChI is InChI=1S/C32H49BrO4/c1-19(34)37-24-10-11-29(6)22(28(24,4)5)9-12-30(7)23(29)17-21(33)25-20-18-27(2,3)13-15-32(20,26(35)36)16-14-31(25,30)8/h20,22-24H,9-18H2,1-8H3,(H,35,36)/t20?,22?,23?,24-,29-,30+,31+,32-/m0/s1. The predicted octanol–water partition coefficient (Wildman–Crippen LogP) is 8.53. The molecule has 4 fully saturated rings. The summed E-state index contributed by atoms with van der Waals surface area (Å²) < 4.78 is 7.20. The molecule has 4 saturated carbocycles. The van der Waals surface area contributed by atoms with E-state index in [0.717, 1.165) is 64.2 Å². The number of carboxylic acids is 1. The molecule has 0 amide bonds. The average Bonchev–Trinajstić information content (AvgIpc) is 2.76. The van der Waals surface area contributed by atoms with Crippen LogP contribution < -0.4 is 0 Å². The van der Waals surface area contributed by atoms with Crippen molar-refractivity contribution in [1.82, 2.24) is 0 Å². The smallest absolute Gasteiger partial charge is 0.310 e. The number of hydrogen-bond acceptors (Lipinski definition) is 3. The third-order valence-corrected chi connectivity index (χ3v) is 14.1. The van der Waals surface area contributed by atoms with Crippen LogP contribution in [0.2, 0.25) is 0 Å². The minimum atomic E-state index is -0.613. The van der Waals surface area contributed by atoms with Crippen molar-refractivity contribution in [2.75, 3.05) is 0 Å². The van der Waals surface area contributed by atoms with Crippen molar-refractivity contribution in [2.45, 2.75) is 126 Å². The maximum atomic E-state index is 12.9. The van der Waals surface area contributed by atoms with Crippen LogP contribution in [-0.2, 0) is 14.3 Å². The van der Waals surface area contributed by atoms with Crippen molar-refractivity contribution >= 4 is 27.9 Å². The number of carboxylic acid groups (broad SMARTS) is 1. The van der Waals surface area contributed by atoms with Crippen LogP contribution in [0, 0.1) is 50.2 Å². The summed E-state index contributed by atoms with van der Waals surface area (Å²) in [6, 6.07) is 0. The van der Waals surface area contributed by atoms with Crippen LogP contribution in [0.1, 0.15) is 120 Å². The molecule has 37 heavy (non-hydrogen) atoms. The largest absolute Gasteiger partial charge is 0.481 e. The summed E-state index contributed by atoms with van der Waals surface area (Å²) in [6.45, 7) is 18.5. The molecule has 208 valence electrons.